The zero-order chi connectivity index (χ0) is 14.4. The monoisotopic (exact) mass is 290 g/mol. The van der Waals surface area contributed by atoms with Gasteiger partial charge in [-0.15, -0.1) is 0 Å². The molecule has 0 saturated heterocycles. The number of halogens is 1. The van der Waals surface area contributed by atoms with Crippen LogP contribution in [-0.2, 0) is 11.4 Å². The molecule has 2 aromatic carbocycles. The topological polar surface area (TPSA) is 50.4 Å². The van der Waals surface area contributed by atoms with Crippen molar-refractivity contribution in [2.75, 3.05) is 12.4 Å². The van der Waals surface area contributed by atoms with Gasteiger partial charge in [0.1, 0.15) is 0 Å². The van der Waals surface area contributed by atoms with Crippen molar-refractivity contribution in [1.82, 2.24) is 5.48 Å². The minimum Gasteiger partial charge on any atom is -0.387 e. The molecule has 2 N–H and O–H groups in total. The Morgan fingerprint density at radius 3 is 2.65 bits per heavy atom. The Hall–Kier alpha value is -2.04. The van der Waals surface area contributed by atoms with Crippen molar-refractivity contribution in [2.45, 2.75) is 6.61 Å². The van der Waals surface area contributed by atoms with Gasteiger partial charge in [0.15, 0.2) is 0 Å². The van der Waals surface area contributed by atoms with E-state index in [2.05, 4.69) is 10.8 Å². The van der Waals surface area contributed by atoms with Gasteiger partial charge in [0.25, 0.3) is 5.91 Å². The van der Waals surface area contributed by atoms with Gasteiger partial charge in [-0.3, -0.25) is 9.63 Å². The SMILES string of the molecule is CNc1ccc(Cl)cc1C(=O)NOCc1ccccc1. The molecule has 0 aliphatic rings. The highest BCUT2D eigenvalue weighted by atomic mass is 35.5. The average molecular weight is 291 g/mol. The number of rotatable bonds is 5. The molecular formula is C15H15ClN2O2. The molecule has 0 aliphatic heterocycles. The van der Waals surface area contributed by atoms with E-state index >= 15 is 0 Å². The molecule has 1 amide bonds. The highest BCUT2D eigenvalue weighted by Crippen LogP contribution is 2.20. The van der Waals surface area contributed by atoms with Crippen LogP contribution in [-0.4, -0.2) is 13.0 Å². The van der Waals surface area contributed by atoms with Crippen molar-refractivity contribution in [3.05, 3.63) is 64.7 Å². The largest absolute Gasteiger partial charge is 0.387 e. The number of carbonyl (C=O) groups is 1. The van der Waals surface area contributed by atoms with E-state index in [1.165, 1.54) is 0 Å². The number of hydrogen-bond donors (Lipinski definition) is 2. The summed E-state index contributed by atoms with van der Waals surface area (Å²) in [6, 6.07) is 14.6. The molecule has 0 aromatic heterocycles. The predicted octanol–water partition coefficient (Wildman–Crippen LogP) is 3.24. The molecule has 0 fully saturated rings. The van der Waals surface area contributed by atoms with Crippen LogP contribution in [0.15, 0.2) is 48.5 Å². The standard InChI is InChI=1S/C15H15ClN2O2/c1-17-14-8-7-12(16)9-13(14)15(19)18-20-10-11-5-3-2-4-6-11/h2-9,17H,10H2,1H3,(H,18,19). The fourth-order valence-corrected chi connectivity index (χ4v) is 1.91. The molecule has 0 aliphatic carbocycles. The molecule has 0 heterocycles. The molecule has 0 radical (unpaired) electrons. The molecule has 5 heteroatoms. The van der Waals surface area contributed by atoms with E-state index in [4.69, 9.17) is 16.4 Å². The van der Waals surface area contributed by atoms with Crippen molar-refractivity contribution < 1.29 is 9.63 Å². The summed E-state index contributed by atoms with van der Waals surface area (Å²) in [5.74, 6) is -0.340. The zero-order valence-corrected chi connectivity index (χ0v) is 11.8. The van der Waals surface area contributed by atoms with Crippen LogP contribution < -0.4 is 10.8 Å². The second-order valence-electron chi connectivity index (χ2n) is 4.15. The van der Waals surface area contributed by atoms with Gasteiger partial charge >= 0.3 is 0 Å². The van der Waals surface area contributed by atoms with E-state index in [0.717, 1.165) is 5.56 Å². The minimum atomic E-state index is -0.340. The van der Waals surface area contributed by atoms with Crippen molar-refractivity contribution >= 4 is 23.2 Å². The lowest BCUT2D eigenvalue weighted by Crippen LogP contribution is -2.24. The highest BCUT2D eigenvalue weighted by molar-refractivity contribution is 6.31. The summed E-state index contributed by atoms with van der Waals surface area (Å²) in [6.07, 6.45) is 0. The van der Waals surface area contributed by atoms with Crippen LogP contribution in [0, 0.1) is 0 Å². The molecule has 4 nitrogen and oxygen atoms in total. The van der Waals surface area contributed by atoms with E-state index < -0.39 is 0 Å². The smallest absolute Gasteiger partial charge is 0.276 e. The van der Waals surface area contributed by atoms with Gasteiger partial charge in [-0.05, 0) is 23.8 Å². The second-order valence-corrected chi connectivity index (χ2v) is 4.58. The second kappa shape index (κ2) is 6.93. The summed E-state index contributed by atoms with van der Waals surface area (Å²) in [5.41, 5.74) is 4.52. The van der Waals surface area contributed by atoms with Crippen molar-refractivity contribution in [3.8, 4) is 0 Å². The first-order valence-corrected chi connectivity index (χ1v) is 6.52. The Bertz CT molecular complexity index is 588. The first-order chi connectivity index (χ1) is 9.70. The van der Waals surface area contributed by atoms with E-state index in [1.807, 2.05) is 30.3 Å². The third-order valence-corrected chi connectivity index (χ3v) is 2.98. The molecular weight excluding hydrogens is 276 g/mol. The van der Waals surface area contributed by atoms with E-state index in [9.17, 15) is 4.79 Å². The molecule has 0 unspecified atom stereocenters. The number of anilines is 1. The van der Waals surface area contributed by atoms with Gasteiger partial charge in [0.05, 0.1) is 12.2 Å². The maximum atomic E-state index is 12.0. The molecule has 104 valence electrons. The van der Waals surface area contributed by atoms with Crippen LogP contribution >= 0.6 is 11.6 Å². The van der Waals surface area contributed by atoms with Crippen LogP contribution in [0.25, 0.3) is 0 Å². The van der Waals surface area contributed by atoms with Crippen LogP contribution in [0.3, 0.4) is 0 Å². The van der Waals surface area contributed by atoms with Crippen molar-refractivity contribution in [2.24, 2.45) is 0 Å². The fraction of sp³-hybridized carbons (Fsp3) is 0.133. The zero-order valence-electron chi connectivity index (χ0n) is 11.0. The Labute approximate surface area is 122 Å². The Morgan fingerprint density at radius 1 is 1.20 bits per heavy atom. The normalized spacial score (nSPS) is 10.1. The summed E-state index contributed by atoms with van der Waals surface area (Å²) in [5, 5.41) is 3.43. The summed E-state index contributed by atoms with van der Waals surface area (Å²) in [7, 11) is 1.74. The Kier molecular flexibility index (Phi) is 4.98. The maximum absolute atomic E-state index is 12.0. The lowest BCUT2D eigenvalue weighted by molar-refractivity contribution is 0.0234. The summed E-state index contributed by atoms with van der Waals surface area (Å²) < 4.78 is 0. The Morgan fingerprint density at radius 2 is 1.95 bits per heavy atom. The molecule has 0 saturated carbocycles. The van der Waals surface area contributed by atoms with Crippen LogP contribution in [0.4, 0.5) is 5.69 Å². The van der Waals surface area contributed by atoms with Crippen LogP contribution in [0.1, 0.15) is 15.9 Å². The third-order valence-electron chi connectivity index (χ3n) is 2.74. The number of benzene rings is 2. The van der Waals surface area contributed by atoms with Crippen LogP contribution in [0.2, 0.25) is 5.02 Å². The fourth-order valence-electron chi connectivity index (χ4n) is 1.74. The minimum absolute atomic E-state index is 0.308. The van der Waals surface area contributed by atoms with E-state index in [-0.39, 0.29) is 5.91 Å². The molecule has 2 rings (SSSR count). The van der Waals surface area contributed by atoms with Gasteiger partial charge < -0.3 is 5.32 Å². The quantitative estimate of drug-likeness (QED) is 0.831. The van der Waals surface area contributed by atoms with Gasteiger partial charge in [0.2, 0.25) is 0 Å². The van der Waals surface area contributed by atoms with Crippen LogP contribution in [0.5, 0.6) is 0 Å². The average Bonchev–Trinajstić information content (AvgIpc) is 2.48. The Balaban J connectivity index is 1.97. The number of hydrogen-bond acceptors (Lipinski definition) is 3. The van der Waals surface area contributed by atoms with Gasteiger partial charge in [-0.25, -0.2) is 5.48 Å². The van der Waals surface area contributed by atoms with Gasteiger partial charge in [-0.2, -0.15) is 0 Å². The number of nitrogens with one attached hydrogen (secondary N) is 2. The first-order valence-electron chi connectivity index (χ1n) is 6.14. The number of amides is 1. The van der Waals surface area contributed by atoms with E-state index in [0.29, 0.717) is 22.9 Å². The summed E-state index contributed by atoms with van der Waals surface area (Å²) in [6.45, 7) is 0.308. The summed E-state index contributed by atoms with van der Waals surface area (Å²) >= 11 is 5.90. The highest BCUT2D eigenvalue weighted by Gasteiger charge is 2.11. The molecule has 2 aromatic rings. The van der Waals surface area contributed by atoms with E-state index in [1.54, 1.807) is 25.2 Å². The molecule has 0 atom stereocenters. The van der Waals surface area contributed by atoms with Gasteiger partial charge in [0, 0.05) is 17.8 Å². The number of carbonyl (C=O) groups excluding carboxylic acids is 1. The maximum Gasteiger partial charge on any atom is 0.276 e. The lowest BCUT2D eigenvalue weighted by Gasteiger charge is -2.10. The van der Waals surface area contributed by atoms with Crippen molar-refractivity contribution in [1.29, 1.82) is 0 Å². The lowest BCUT2D eigenvalue weighted by atomic mass is 10.1. The van der Waals surface area contributed by atoms with Gasteiger partial charge in [-0.1, -0.05) is 41.9 Å². The summed E-state index contributed by atoms with van der Waals surface area (Å²) in [4.78, 5) is 17.2. The first kappa shape index (κ1) is 14.4. The van der Waals surface area contributed by atoms with Crippen molar-refractivity contribution in [3.63, 3.8) is 0 Å². The molecule has 20 heavy (non-hydrogen) atoms. The number of hydroxylamine groups is 1. The predicted molar refractivity (Wildman–Crippen MR) is 79.7 cm³/mol. The molecule has 0 bridgehead atoms. The third kappa shape index (κ3) is 3.73. The molecule has 0 spiro atoms.